The van der Waals surface area contributed by atoms with Gasteiger partial charge in [0, 0.05) is 6.54 Å². The average molecular weight is 285 g/mol. The van der Waals surface area contributed by atoms with Crippen molar-refractivity contribution >= 4 is 17.3 Å². The molecule has 2 aromatic rings. The molecule has 1 atom stereocenters. The molecular weight excluding hydrogens is 268 g/mol. The first-order chi connectivity index (χ1) is 9.70. The predicted octanol–water partition coefficient (Wildman–Crippen LogP) is 4.82. The third kappa shape index (κ3) is 3.76. The van der Waals surface area contributed by atoms with Crippen LogP contribution in [0.4, 0.5) is 5.69 Å². The number of nitrogens with zero attached hydrogens (tertiary/aromatic N) is 1. The summed E-state index contributed by atoms with van der Waals surface area (Å²) in [6.45, 7) is 3.04. The zero-order valence-electron chi connectivity index (χ0n) is 11.4. The molecule has 0 aliphatic carbocycles. The van der Waals surface area contributed by atoms with Crippen LogP contribution in [0.3, 0.4) is 0 Å². The molecule has 2 aromatic carbocycles. The molecule has 0 heterocycles. The SMILES string of the molecule is CC(CCNc1cc(C#N)ccc1Cl)c1ccccc1. The van der Waals surface area contributed by atoms with Crippen LogP contribution in [0.15, 0.2) is 48.5 Å². The molecule has 3 heteroatoms. The largest absolute Gasteiger partial charge is 0.384 e. The fourth-order valence-electron chi connectivity index (χ4n) is 2.10. The minimum atomic E-state index is 0.488. The van der Waals surface area contributed by atoms with Crippen molar-refractivity contribution < 1.29 is 0 Å². The van der Waals surface area contributed by atoms with Gasteiger partial charge in [-0.1, -0.05) is 48.9 Å². The minimum Gasteiger partial charge on any atom is -0.384 e. The standard InChI is InChI=1S/C17H17ClN2/c1-13(15-5-3-2-4-6-15)9-10-20-17-11-14(12-19)7-8-16(17)18/h2-8,11,13,20H,9-10H2,1H3. The van der Waals surface area contributed by atoms with Crippen LogP contribution in [0, 0.1) is 11.3 Å². The van der Waals surface area contributed by atoms with E-state index in [2.05, 4.69) is 42.6 Å². The van der Waals surface area contributed by atoms with Crippen LogP contribution in [-0.4, -0.2) is 6.54 Å². The Morgan fingerprint density at radius 1 is 1.20 bits per heavy atom. The van der Waals surface area contributed by atoms with Crippen molar-refractivity contribution in [3.8, 4) is 6.07 Å². The van der Waals surface area contributed by atoms with Gasteiger partial charge in [0.25, 0.3) is 0 Å². The molecule has 0 aliphatic rings. The Morgan fingerprint density at radius 2 is 1.95 bits per heavy atom. The molecule has 0 radical (unpaired) electrons. The summed E-state index contributed by atoms with van der Waals surface area (Å²) in [4.78, 5) is 0. The minimum absolute atomic E-state index is 0.488. The molecular formula is C17H17ClN2. The van der Waals surface area contributed by atoms with Crippen LogP contribution in [0.5, 0.6) is 0 Å². The number of hydrogen-bond acceptors (Lipinski definition) is 2. The second kappa shape index (κ2) is 6.98. The monoisotopic (exact) mass is 284 g/mol. The van der Waals surface area contributed by atoms with E-state index in [1.165, 1.54) is 5.56 Å². The number of anilines is 1. The molecule has 0 aromatic heterocycles. The Hall–Kier alpha value is -1.98. The van der Waals surface area contributed by atoms with E-state index in [0.717, 1.165) is 18.7 Å². The predicted molar refractivity (Wildman–Crippen MR) is 84.1 cm³/mol. The molecule has 1 unspecified atom stereocenters. The highest BCUT2D eigenvalue weighted by atomic mass is 35.5. The summed E-state index contributed by atoms with van der Waals surface area (Å²) in [7, 11) is 0. The number of hydrogen-bond donors (Lipinski definition) is 1. The Labute approximate surface area is 125 Å². The molecule has 0 amide bonds. The fourth-order valence-corrected chi connectivity index (χ4v) is 2.29. The Bertz CT molecular complexity index is 602. The summed E-state index contributed by atoms with van der Waals surface area (Å²) in [5, 5.41) is 12.8. The summed E-state index contributed by atoms with van der Waals surface area (Å²) in [5.74, 6) is 0.488. The summed E-state index contributed by atoms with van der Waals surface area (Å²) in [6, 6.07) is 17.8. The fraction of sp³-hybridized carbons (Fsp3) is 0.235. The maximum absolute atomic E-state index is 8.89. The maximum atomic E-state index is 8.89. The third-order valence-electron chi connectivity index (χ3n) is 3.36. The van der Waals surface area contributed by atoms with E-state index >= 15 is 0 Å². The van der Waals surface area contributed by atoms with Gasteiger partial charge in [-0.05, 0) is 36.1 Å². The van der Waals surface area contributed by atoms with Gasteiger partial charge in [0.05, 0.1) is 22.3 Å². The highest BCUT2D eigenvalue weighted by Crippen LogP contribution is 2.24. The van der Waals surface area contributed by atoms with Crippen molar-refractivity contribution in [2.24, 2.45) is 0 Å². The number of benzene rings is 2. The van der Waals surface area contributed by atoms with Crippen LogP contribution in [-0.2, 0) is 0 Å². The Morgan fingerprint density at radius 3 is 2.65 bits per heavy atom. The Kier molecular flexibility index (Phi) is 5.03. The summed E-state index contributed by atoms with van der Waals surface area (Å²) in [6.07, 6.45) is 1.01. The lowest BCUT2D eigenvalue weighted by Gasteiger charge is -2.14. The first kappa shape index (κ1) is 14.4. The van der Waals surface area contributed by atoms with Crippen LogP contribution in [0.1, 0.15) is 30.4 Å². The van der Waals surface area contributed by atoms with Gasteiger partial charge in [0.2, 0.25) is 0 Å². The van der Waals surface area contributed by atoms with Crippen LogP contribution >= 0.6 is 11.6 Å². The van der Waals surface area contributed by atoms with Crippen LogP contribution < -0.4 is 5.32 Å². The zero-order valence-corrected chi connectivity index (χ0v) is 12.2. The second-order valence-corrected chi connectivity index (χ2v) is 5.24. The average Bonchev–Trinajstić information content (AvgIpc) is 2.50. The molecule has 20 heavy (non-hydrogen) atoms. The van der Waals surface area contributed by atoms with Crippen LogP contribution in [0.25, 0.3) is 0 Å². The van der Waals surface area contributed by atoms with Gasteiger partial charge in [0.1, 0.15) is 0 Å². The van der Waals surface area contributed by atoms with E-state index in [4.69, 9.17) is 16.9 Å². The number of rotatable bonds is 5. The van der Waals surface area contributed by atoms with Crippen molar-refractivity contribution in [3.05, 3.63) is 64.7 Å². The van der Waals surface area contributed by atoms with Crippen molar-refractivity contribution in [1.82, 2.24) is 0 Å². The lowest BCUT2D eigenvalue weighted by molar-refractivity contribution is 0.706. The second-order valence-electron chi connectivity index (χ2n) is 4.83. The van der Waals surface area contributed by atoms with Crippen molar-refractivity contribution in [2.45, 2.75) is 19.3 Å². The molecule has 2 nitrogen and oxygen atoms in total. The highest BCUT2D eigenvalue weighted by Gasteiger charge is 2.06. The van der Waals surface area contributed by atoms with E-state index in [9.17, 15) is 0 Å². The third-order valence-corrected chi connectivity index (χ3v) is 3.69. The lowest BCUT2D eigenvalue weighted by Crippen LogP contribution is -2.06. The van der Waals surface area contributed by atoms with Crippen molar-refractivity contribution in [3.63, 3.8) is 0 Å². The zero-order chi connectivity index (χ0) is 14.4. The molecule has 0 fully saturated rings. The Balaban J connectivity index is 1.92. The molecule has 0 bridgehead atoms. The summed E-state index contributed by atoms with van der Waals surface area (Å²) < 4.78 is 0. The first-order valence-corrected chi connectivity index (χ1v) is 7.07. The normalized spacial score (nSPS) is 11.7. The van der Waals surface area contributed by atoms with E-state index in [0.29, 0.717) is 16.5 Å². The van der Waals surface area contributed by atoms with Gasteiger partial charge in [-0.2, -0.15) is 5.26 Å². The summed E-state index contributed by atoms with van der Waals surface area (Å²) >= 11 is 6.11. The van der Waals surface area contributed by atoms with Gasteiger partial charge in [-0.3, -0.25) is 0 Å². The maximum Gasteiger partial charge on any atom is 0.0992 e. The number of halogens is 1. The first-order valence-electron chi connectivity index (χ1n) is 6.69. The van der Waals surface area contributed by atoms with Gasteiger partial charge < -0.3 is 5.32 Å². The molecule has 102 valence electrons. The van der Waals surface area contributed by atoms with Gasteiger partial charge in [-0.15, -0.1) is 0 Å². The number of nitriles is 1. The van der Waals surface area contributed by atoms with Crippen molar-refractivity contribution in [1.29, 1.82) is 5.26 Å². The van der Waals surface area contributed by atoms with Gasteiger partial charge in [0.15, 0.2) is 0 Å². The van der Waals surface area contributed by atoms with Crippen molar-refractivity contribution in [2.75, 3.05) is 11.9 Å². The van der Waals surface area contributed by atoms with Gasteiger partial charge >= 0.3 is 0 Å². The lowest BCUT2D eigenvalue weighted by atomic mass is 9.98. The molecule has 0 spiro atoms. The smallest absolute Gasteiger partial charge is 0.0992 e. The van der Waals surface area contributed by atoms with E-state index in [1.807, 2.05) is 6.07 Å². The van der Waals surface area contributed by atoms with E-state index < -0.39 is 0 Å². The molecule has 1 N–H and O–H groups in total. The van der Waals surface area contributed by atoms with E-state index in [1.54, 1.807) is 18.2 Å². The molecule has 0 aliphatic heterocycles. The number of nitrogens with one attached hydrogen (secondary N) is 1. The summed E-state index contributed by atoms with van der Waals surface area (Å²) in [5.41, 5.74) is 2.78. The van der Waals surface area contributed by atoms with E-state index in [-0.39, 0.29) is 0 Å². The van der Waals surface area contributed by atoms with Crippen LogP contribution in [0.2, 0.25) is 5.02 Å². The molecule has 0 saturated carbocycles. The quantitative estimate of drug-likeness (QED) is 0.854. The molecule has 0 saturated heterocycles. The highest BCUT2D eigenvalue weighted by molar-refractivity contribution is 6.33. The van der Waals surface area contributed by atoms with Gasteiger partial charge in [-0.25, -0.2) is 0 Å². The molecule has 2 rings (SSSR count). The topological polar surface area (TPSA) is 35.8 Å².